The van der Waals surface area contributed by atoms with E-state index in [2.05, 4.69) is 227 Å². The van der Waals surface area contributed by atoms with Crippen molar-refractivity contribution in [2.24, 2.45) is 16.2 Å². The molecule has 6 aromatic rings. The molecule has 9 nitrogen and oxygen atoms in total. The summed E-state index contributed by atoms with van der Waals surface area (Å²) in [4.78, 5) is 0. The monoisotopic (exact) mass is 1160 g/mol. The fourth-order valence-corrected chi connectivity index (χ4v) is 21.1. The molecule has 0 saturated heterocycles. The van der Waals surface area contributed by atoms with Gasteiger partial charge in [-0.2, -0.15) is 0 Å². The van der Waals surface area contributed by atoms with Gasteiger partial charge in [-0.05, 0) is 0 Å². The van der Waals surface area contributed by atoms with E-state index in [1.807, 2.05) is 0 Å². The molecule has 67 heavy (non-hydrogen) atoms. The van der Waals surface area contributed by atoms with Gasteiger partial charge in [0, 0.05) is 0 Å². The molecule has 6 rings (SSSR count). The number of benzene rings is 3. The molecule has 0 spiro atoms. The van der Waals surface area contributed by atoms with Crippen molar-refractivity contribution in [1.29, 1.82) is 0 Å². The van der Waals surface area contributed by atoms with Gasteiger partial charge in [-0.25, -0.2) is 0 Å². The van der Waals surface area contributed by atoms with Crippen LogP contribution in [0.4, 0.5) is 0 Å². The second-order valence-corrected chi connectivity index (χ2v) is 38.9. The predicted octanol–water partition coefficient (Wildman–Crippen LogP) is 11.3. The topological polar surface area (TPSA) is 70.2 Å². The summed E-state index contributed by atoms with van der Waals surface area (Å²) in [6.07, 6.45) is 9.29. The van der Waals surface area contributed by atoms with Crippen LogP contribution >= 0.6 is 0 Å². The molecule has 0 amide bonds. The summed E-state index contributed by atoms with van der Waals surface area (Å²) in [7, 11) is -4.45. The van der Waals surface area contributed by atoms with Gasteiger partial charge in [-0.1, -0.05) is 0 Å². The average Bonchev–Trinajstić information content (AvgIpc) is 3.93. The Morgan fingerprint density at radius 1 is 0.388 bits per heavy atom. The molecule has 0 bridgehead atoms. The molecule has 0 saturated carbocycles. The minimum absolute atomic E-state index is 0.161. The molecule has 3 heterocycles. The number of hydrogen-bond donors (Lipinski definition) is 0. The third-order valence-electron chi connectivity index (χ3n) is 12.1. The van der Waals surface area contributed by atoms with Crippen LogP contribution in [0.2, 0.25) is 39.3 Å². The van der Waals surface area contributed by atoms with E-state index in [1.165, 1.54) is 26.0 Å². The van der Waals surface area contributed by atoms with E-state index in [4.69, 9.17) is 27.5 Å². The number of nitrogens with zero attached hydrogens (tertiary/aromatic N) is 3. The molecule has 3 atom stereocenters. The molecule has 3 unspecified atom stereocenters. The third-order valence-corrected chi connectivity index (χ3v) is 24.1. The molecule has 0 aliphatic heterocycles. The van der Waals surface area contributed by atoms with E-state index in [-0.39, 0.29) is 16.2 Å². The van der Waals surface area contributed by atoms with Crippen molar-refractivity contribution in [2.75, 3.05) is 19.8 Å². The zero-order valence-electron chi connectivity index (χ0n) is 44.4. The number of hydrogen-bond acceptors (Lipinski definition) is 6. The quantitative estimate of drug-likeness (QED) is 0.0528. The SMILES string of the molecule is C[SiH](C)OC(C)(OCCC(C)(C)C)n1ccc2c[c]([Bi]([c]3ccc4c(ccn4C(C)(OCCC(C)(C)C)O[SiH](C)C)c3)[c]3ccc4c(ccn4C(C)(OCCC(C)(C)C)O[SiH](C)C)c3)ccc21. The van der Waals surface area contributed by atoms with Crippen molar-refractivity contribution in [3.05, 3.63) is 91.4 Å². The van der Waals surface area contributed by atoms with Crippen LogP contribution in [0.15, 0.2) is 91.4 Å². The van der Waals surface area contributed by atoms with Gasteiger partial charge in [-0.3, -0.25) is 0 Å². The van der Waals surface area contributed by atoms with E-state index >= 15 is 0 Å². The first kappa shape index (κ1) is 53.9. The number of ether oxygens (including phenoxy) is 3. The predicted molar refractivity (Wildman–Crippen MR) is 291 cm³/mol. The zero-order chi connectivity index (χ0) is 49.3. The molecule has 3 aromatic heterocycles. The summed E-state index contributed by atoms with van der Waals surface area (Å²) >= 11 is -3.05. The number of rotatable bonds is 21. The molecule has 368 valence electrons. The molecule has 0 N–H and O–H groups in total. The van der Waals surface area contributed by atoms with E-state index in [1.54, 1.807) is 0 Å². The van der Waals surface area contributed by atoms with E-state index in [0.29, 0.717) is 19.8 Å². The van der Waals surface area contributed by atoms with E-state index in [9.17, 15) is 0 Å². The fourth-order valence-electron chi connectivity index (χ4n) is 8.75. The summed E-state index contributed by atoms with van der Waals surface area (Å²) in [6, 6.07) is 28.1. The van der Waals surface area contributed by atoms with Crippen molar-refractivity contribution < 1.29 is 27.5 Å². The van der Waals surface area contributed by atoms with Crippen molar-refractivity contribution >= 4 is 91.4 Å². The maximum atomic E-state index is 6.73. The van der Waals surface area contributed by atoms with Crippen LogP contribution in [0.25, 0.3) is 32.7 Å². The van der Waals surface area contributed by atoms with Crippen LogP contribution in [-0.2, 0) is 45.2 Å². The fraction of sp³-hybridized carbons (Fsp3) is 0.556. The normalized spacial score (nSPS) is 16.0. The molecule has 3 aromatic carbocycles. The average molecular weight is 1160 g/mol. The number of aromatic nitrogens is 3. The van der Waals surface area contributed by atoms with Crippen molar-refractivity contribution in [3.8, 4) is 0 Å². The standard InChI is InChI=1S/3C18H28NO2Si.Bi/c3*1-17(2,3)12-14-20-18(4,21-22(5)6)19-13-11-15-9-7-8-10-16(15)19;/h3*8-11,13,22H,12,14H2,1-6H3;. The summed E-state index contributed by atoms with van der Waals surface area (Å²) in [5.41, 5.74) is 3.82. The van der Waals surface area contributed by atoms with Crippen molar-refractivity contribution in [1.82, 2.24) is 13.7 Å². The number of fused-ring (bicyclic) bond motifs is 3. The molecule has 0 aliphatic rings. The maximum absolute atomic E-state index is 6.73. The molecule has 0 radical (unpaired) electrons. The van der Waals surface area contributed by atoms with Gasteiger partial charge < -0.3 is 0 Å². The van der Waals surface area contributed by atoms with Gasteiger partial charge >= 0.3 is 419 Å². The molecule has 0 aliphatic carbocycles. The summed E-state index contributed by atoms with van der Waals surface area (Å²) < 4.78 is 51.1. The van der Waals surface area contributed by atoms with Crippen LogP contribution < -0.4 is 9.81 Å². The Bertz CT molecular complexity index is 2300. The first-order valence-corrected chi connectivity index (χ1v) is 38.2. The van der Waals surface area contributed by atoms with E-state index < -0.39 is 66.6 Å². The van der Waals surface area contributed by atoms with Gasteiger partial charge in [0.2, 0.25) is 0 Å². The van der Waals surface area contributed by atoms with Crippen LogP contribution in [0, 0.1) is 16.2 Å². The molecule has 13 heteroatoms. The van der Waals surface area contributed by atoms with Gasteiger partial charge in [0.15, 0.2) is 0 Å². The Kier molecular flexibility index (Phi) is 17.0. The summed E-state index contributed by atoms with van der Waals surface area (Å²) in [5.74, 6) is -2.69. The van der Waals surface area contributed by atoms with Crippen LogP contribution in [0.5, 0.6) is 0 Å². The minimum atomic E-state index is -3.05. The molecule has 0 fully saturated rings. The van der Waals surface area contributed by atoms with Gasteiger partial charge in [0.05, 0.1) is 0 Å². The molecular weight excluding hydrogens is 1080 g/mol. The van der Waals surface area contributed by atoms with Gasteiger partial charge in [0.25, 0.3) is 0 Å². The first-order chi connectivity index (χ1) is 31.1. The van der Waals surface area contributed by atoms with E-state index in [0.717, 1.165) is 35.8 Å². The molecular formula is C54H84BiN3O6Si3. The van der Waals surface area contributed by atoms with Crippen LogP contribution in [-0.4, -0.2) is 82.4 Å². The van der Waals surface area contributed by atoms with Gasteiger partial charge in [0.1, 0.15) is 0 Å². The Morgan fingerprint density at radius 3 is 0.866 bits per heavy atom. The van der Waals surface area contributed by atoms with Crippen molar-refractivity contribution in [3.63, 3.8) is 0 Å². The second-order valence-electron chi connectivity index (χ2n) is 23.3. The third kappa shape index (κ3) is 13.7. The van der Waals surface area contributed by atoms with Crippen LogP contribution in [0.1, 0.15) is 102 Å². The first-order valence-electron chi connectivity index (χ1n) is 24.7. The van der Waals surface area contributed by atoms with Gasteiger partial charge in [-0.15, -0.1) is 0 Å². The summed E-state index contributed by atoms with van der Waals surface area (Å²) in [6.45, 7) is 41.7. The Labute approximate surface area is 416 Å². The Hall–Kier alpha value is -2.43. The van der Waals surface area contributed by atoms with Crippen molar-refractivity contribution in [2.45, 2.75) is 159 Å². The second kappa shape index (κ2) is 21.1. The Morgan fingerprint density at radius 2 is 0.642 bits per heavy atom. The Balaban J connectivity index is 1.47. The van der Waals surface area contributed by atoms with Crippen LogP contribution in [0.3, 0.4) is 0 Å². The zero-order valence-corrected chi connectivity index (χ0v) is 51.3. The summed E-state index contributed by atoms with van der Waals surface area (Å²) in [5, 5.41) is 3.56.